The minimum Gasteiger partial charge on any atom is -0.477 e. The molecule has 1 aromatic heterocycles. The van der Waals surface area contributed by atoms with E-state index in [1.807, 2.05) is 24.6 Å². The van der Waals surface area contributed by atoms with Crippen molar-refractivity contribution in [3.63, 3.8) is 0 Å². The Morgan fingerprint density at radius 1 is 1.27 bits per heavy atom. The van der Waals surface area contributed by atoms with Crippen LogP contribution in [0.2, 0.25) is 0 Å². The molecule has 5 atom stereocenters. The van der Waals surface area contributed by atoms with Crippen LogP contribution in [0.3, 0.4) is 0 Å². The average Bonchev–Trinajstić information content (AvgIpc) is 3.33. The standard InChI is InChI=1S/C12H18O7.C8H13NOS/c1-10(2)15-5-6-7(17-10)8-12(16-6,9(13)14)19-11(3,4)18-8;1-9-5-4-7(10)8-3-2-6-11-8/h6-8H,5H2,1-4H3,(H,13,14);2-3,6-7,9-10H,4-5H2,1H3/t6-,7+,8-,12+;7-/m10/s1. The Morgan fingerprint density at radius 2 is 2.00 bits per heavy atom. The van der Waals surface area contributed by atoms with Crippen molar-refractivity contribution >= 4 is 17.3 Å². The fourth-order valence-electron chi connectivity index (χ4n) is 3.72. The van der Waals surface area contributed by atoms with E-state index in [2.05, 4.69) is 5.32 Å². The number of ether oxygens (including phenoxy) is 5. The summed E-state index contributed by atoms with van der Waals surface area (Å²) >= 11 is 1.60. The summed E-state index contributed by atoms with van der Waals surface area (Å²) in [5, 5.41) is 24.0. The van der Waals surface area contributed by atoms with Crippen molar-refractivity contribution in [3.8, 4) is 0 Å². The van der Waals surface area contributed by atoms with Gasteiger partial charge in [0.15, 0.2) is 17.7 Å². The molecule has 1 aromatic rings. The quantitative estimate of drug-likeness (QED) is 0.624. The Morgan fingerprint density at radius 3 is 2.60 bits per heavy atom. The molecular formula is C20H31NO8S. The molecule has 0 amide bonds. The van der Waals surface area contributed by atoms with E-state index in [-0.39, 0.29) is 12.7 Å². The molecule has 170 valence electrons. The van der Waals surface area contributed by atoms with Crippen molar-refractivity contribution in [1.82, 2.24) is 5.32 Å². The minimum absolute atomic E-state index is 0.246. The van der Waals surface area contributed by atoms with Crippen LogP contribution >= 0.6 is 11.3 Å². The number of aliphatic carboxylic acids is 1. The smallest absolute Gasteiger partial charge is 0.367 e. The highest BCUT2D eigenvalue weighted by atomic mass is 32.1. The maximum Gasteiger partial charge on any atom is 0.367 e. The predicted octanol–water partition coefficient (Wildman–Crippen LogP) is 1.86. The number of carboxylic acids is 1. The van der Waals surface area contributed by atoms with Gasteiger partial charge >= 0.3 is 11.8 Å². The highest BCUT2D eigenvalue weighted by Gasteiger charge is 2.71. The van der Waals surface area contributed by atoms with E-state index in [4.69, 9.17) is 23.7 Å². The molecule has 4 rings (SSSR count). The van der Waals surface area contributed by atoms with E-state index in [1.165, 1.54) is 0 Å². The van der Waals surface area contributed by atoms with Crippen LogP contribution in [0.15, 0.2) is 17.5 Å². The molecule has 0 aliphatic carbocycles. The van der Waals surface area contributed by atoms with Crippen molar-refractivity contribution < 1.29 is 38.7 Å². The Kier molecular flexibility index (Phi) is 6.90. The van der Waals surface area contributed by atoms with Crippen LogP contribution in [-0.2, 0) is 28.5 Å². The number of nitrogens with one attached hydrogen (secondary N) is 1. The lowest BCUT2D eigenvalue weighted by molar-refractivity contribution is -0.325. The van der Waals surface area contributed by atoms with Gasteiger partial charge in [-0.15, -0.1) is 11.3 Å². The molecule has 3 N–H and O–H groups in total. The Labute approximate surface area is 180 Å². The Hall–Kier alpha value is -1.11. The van der Waals surface area contributed by atoms with E-state index >= 15 is 0 Å². The number of aliphatic hydroxyl groups is 1. The number of hydrogen-bond donors (Lipinski definition) is 3. The second-order valence-corrected chi connectivity index (χ2v) is 9.37. The van der Waals surface area contributed by atoms with Gasteiger partial charge in [-0.1, -0.05) is 6.07 Å². The van der Waals surface area contributed by atoms with Crippen LogP contribution in [0, 0.1) is 0 Å². The maximum absolute atomic E-state index is 11.6. The first-order valence-electron chi connectivity index (χ1n) is 9.97. The van der Waals surface area contributed by atoms with Crippen molar-refractivity contribution in [3.05, 3.63) is 22.4 Å². The molecule has 9 nitrogen and oxygen atoms in total. The zero-order valence-corrected chi connectivity index (χ0v) is 18.7. The van der Waals surface area contributed by atoms with Gasteiger partial charge in [-0.2, -0.15) is 0 Å². The van der Waals surface area contributed by atoms with Crippen molar-refractivity contribution in [2.75, 3.05) is 20.2 Å². The Balaban J connectivity index is 0.000000199. The summed E-state index contributed by atoms with van der Waals surface area (Å²) in [4.78, 5) is 12.6. The van der Waals surface area contributed by atoms with Gasteiger partial charge in [0.05, 0.1) is 12.7 Å². The third-order valence-electron chi connectivity index (χ3n) is 5.03. The highest BCUT2D eigenvalue weighted by molar-refractivity contribution is 7.10. The van der Waals surface area contributed by atoms with Crippen LogP contribution in [0.1, 0.15) is 45.1 Å². The van der Waals surface area contributed by atoms with Crippen molar-refractivity contribution in [2.24, 2.45) is 0 Å². The van der Waals surface area contributed by atoms with Gasteiger partial charge in [-0.25, -0.2) is 4.79 Å². The molecule has 3 aliphatic heterocycles. The average molecular weight is 446 g/mol. The summed E-state index contributed by atoms with van der Waals surface area (Å²) in [6, 6.07) is 3.92. The second-order valence-electron chi connectivity index (χ2n) is 8.39. The van der Waals surface area contributed by atoms with E-state index in [0.717, 1.165) is 17.8 Å². The van der Waals surface area contributed by atoms with Gasteiger partial charge in [-0.3, -0.25) is 0 Å². The van der Waals surface area contributed by atoms with Gasteiger partial charge in [0.25, 0.3) is 0 Å². The molecule has 3 fully saturated rings. The number of hydrogen-bond acceptors (Lipinski definition) is 9. The molecule has 3 aliphatic rings. The summed E-state index contributed by atoms with van der Waals surface area (Å²) in [7, 11) is 1.89. The molecule has 4 heterocycles. The summed E-state index contributed by atoms with van der Waals surface area (Å²) in [6.45, 7) is 7.95. The Bertz CT molecular complexity index is 724. The summed E-state index contributed by atoms with van der Waals surface area (Å²) in [6.07, 6.45) is -1.35. The zero-order chi connectivity index (χ0) is 22.2. The third kappa shape index (κ3) is 4.86. The number of carbonyl (C=O) groups is 1. The minimum atomic E-state index is -1.82. The first kappa shape index (κ1) is 23.6. The van der Waals surface area contributed by atoms with Gasteiger partial charge in [0.1, 0.15) is 12.2 Å². The van der Waals surface area contributed by atoms with Crippen LogP contribution in [0.4, 0.5) is 0 Å². The molecule has 30 heavy (non-hydrogen) atoms. The molecule has 0 aromatic carbocycles. The molecule has 0 unspecified atom stereocenters. The van der Waals surface area contributed by atoms with Crippen LogP contribution < -0.4 is 5.32 Å². The number of fused-ring (bicyclic) bond motifs is 3. The monoisotopic (exact) mass is 445 g/mol. The van der Waals surface area contributed by atoms with Gasteiger partial charge in [0.2, 0.25) is 0 Å². The highest BCUT2D eigenvalue weighted by Crippen LogP contribution is 2.48. The van der Waals surface area contributed by atoms with Crippen molar-refractivity contribution in [1.29, 1.82) is 0 Å². The first-order valence-corrected chi connectivity index (χ1v) is 10.8. The SMILES string of the molecule is CC1(C)OC[C@H]2O[C@]3(C(=O)O)OC(C)(C)O[C@@H]3[C@H]2O1.CNCC[C@H](O)c1cccs1. The fraction of sp³-hybridized carbons (Fsp3) is 0.750. The third-order valence-corrected chi connectivity index (χ3v) is 6.00. The molecule has 3 saturated heterocycles. The zero-order valence-electron chi connectivity index (χ0n) is 17.9. The summed E-state index contributed by atoms with van der Waals surface area (Å²) < 4.78 is 28.0. The molecule has 0 saturated carbocycles. The summed E-state index contributed by atoms with van der Waals surface area (Å²) in [5.74, 6) is -4.85. The molecule has 0 radical (unpaired) electrons. The second kappa shape index (κ2) is 8.79. The predicted molar refractivity (Wildman–Crippen MR) is 108 cm³/mol. The van der Waals surface area contributed by atoms with E-state index in [9.17, 15) is 15.0 Å². The largest absolute Gasteiger partial charge is 0.477 e. The first-order chi connectivity index (χ1) is 14.0. The van der Waals surface area contributed by atoms with Gasteiger partial charge < -0.3 is 39.2 Å². The molecule has 0 bridgehead atoms. The normalized spacial score (nSPS) is 34.4. The lowest BCUT2D eigenvalue weighted by Gasteiger charge is -2.38. The number of thiophene rings is 1. The lowest BCUT2D eigenvalue weighted by Crippen LogP contribution is -2.52. The van der Waals surface area contributed by atoms with Gasteiger partial charge in [-0.05, 0) is 59.2 Å². The van der Waals surface area contributed by atoms with Crippen LogP contribution in [0.5, 0.6) is 0 Å². The van der Waals surface area contributed by atoms with E-state index in [1.54, 1.807) is 39.0 Å². The maximum atomic E-state index is 11.6. The molecule has 10 heteroatoms. The number of carboxylic acid groups (broad SMARTS) is 1. The number of rotatable bonds is 5. The van der Waals surface area contributed by atoms with Crippen LogP contribution in [-0.4, -0.2) is 72.1 Å². The van der Waals surface area contributed by atoms with E-state index in [0.29, 0.717) is 0 Å². The summed E-state index contributed by atoms with van der Waals surface area (Å²) in [5.41, 5.74) is 0. The topological polar surface area (TPSA) is 116 Å². The van der Waals surface area contributed by atoms with Crippen LogP contribution in [0.25, 0.3) is 0 Å². The van der Waals surface area contributed by atoms with Gasteiger partial charge in [0, 0.05) is 4.88 Å². The van der Waals surface area contributed by atoms with Crippen molar-refractivity contribution in [2.45, 2.75) is 75.9 Å². The lowest BCUT2D eigenvalue weighted by atomic mass is 10.0. The molecule has 0 spiro atoms. The fourth-order valence-corrected chi connectivity index (χ4v) is 4.47. The number of aliphatic hydroxyl groups excluding tert-OH is 1. The molecular weight excluding hydrogens is 414 g/mol. The van der Waals surface area contributed by atoms with E-state index < -0.39 is 41.6 Å².